The molecule has 0 saturated carbocycles. The van der Waals surface area contributed by atoms with Crippen molar-refractivity contribution in [3.63, 3.8) is 0 Å². The van der Waals surface area contributed by atoms with E-state index < -0.39 is 41.3 Å². The van der Waals surface area contributed by atoms with Gasteiger partial charge >= 0.3 is 6.18 Å². The number of benzene rings is 4. The van der Waals surface area contributed by atoms with E-state index in [0.29, 0.717) is 29.2 Å². The zero-order valence-electron chi connectivity index (χ0n) is 20.7. The first-order valence-corrected chi connectivity index (χ1v) is 11.8. The molecule has 5 aromatic rings. The molecule has 0 aliphatic heterocycles. The summed E-state index contributed by atoms with van der Waals surface area (Å²) in [7, 11) is 3.80. The molecule has 0 unspecified atom stereocenters. The van der Waals surface area contributed by atoms with Crippen LogP contribution >= 0.6 is 0 Å². The van der Waals surface area contributed by atoms with E-state index in [1.54, 1.807) is 30.3 Å². The van der Waals surface area contributed by atoms with Gasteiger partial charge in [0.25, 0.3) is 0 Å². The van der Waals surface area contributed by atoms with Gasteiger partial charge in [-0.15, -0.1) is 0 Å². The normalized spacial score (nSPS) is 11.7. The van der Waals surface area contributed by atoms with E-state index in [1.807, 2.05) is 37.2 Å². The first-order chi connectivity index (χ1) is 18.5. The Labute approximate surface area is 219 Å². The maximum atomic E-state index is 14.5. The predicted molar refractivity (Wildman–Crippen MR) is 136 cm³/mol. The molecule has 0 aliphatic rings. The number of hydrogen-bond acceptors (Lipinski definition) is 3. The van der Waals surface area contributed by atoms with Crippen molar-refractivity contribution in [1.82, 2.24) is 9.78 Å². The number of nitrogens with zero attached hydrogens (tertiary/aromatic N) is 3. The van der Waals surface area contributed by atoms with Crippen LogP contribution in [0.15, 0.2) is 78.9 Å². The molecule has 0 fully saturated rings. The molecule has 0 spiro atoms. The molecule has 0 radical (unpaired) electrons. The fourth-order valence-corrected chi connectivity index (χ4v) is 4.31. The van der Waals surface area contributed by atoms with Crippen molar-refractivity contribution in [3.8, 4) is 22.8 Å². The lowest BCUT2D eigenvalue weighted by atomic mass is 10.0. The van der Waals surface area contributed by atoms with Crippen LogP contribution in [0.25, 0.3) is 22.2 Å². The highest BCUT2D eigenvalue weighted by atomic mass is 19.4. The van der Waals surface area contributed by atoms with E-state index in [9.17, 15) is 26.3 Å². The highest BCUT2D eigenvalue weighted by Gasteiger charge is 2.34. The molecule has 0 atom stereocenters. The van der Waals surface area contributed by atoms with Gasteiger partial charge in [-0.25, -0.2) is 13.2 Å². The summed E-state index contributed by atoms with van der Waals surface area (Å²) in [6.45, 7) is -0.561. The summed E-state index contributed by atoms with van der Waals surface area (Å²) in [5.74, 6) is -2.39. The van der Waals surface area contributed by atoms with Gasteiger partial charge in [-0.3, -0.25) is 4.68 Å². The molecule has 4 aromatic carbocycles. The monoisotopic (exact) mass is 541 g/mol. The topological polar surface area (TPSA) is 30.3 Å². The van der Waals surface area contributed by atoms with E-state index >= 15 is 0 Å². The van der Waals surface area contributed by atoms with Crippen molar-refractivity contribution < 1.29 is 31.1 Å². The minimum atomic E-state index is -4.71. The average Bonchev–Trinajstić information content (AvgIpc) is 3.24. The molecular weight excluding hydrogens is 520 g/mol. The van der Waals surface area contributed by atoms with E-state index in [4.69, 9.17) is 4.74 Å². The summed E-state index contributed by atoms with van der Waals surface area (Å²) < 4.78 is 90.7. The first kappa shape index (κ1) is 26.1. The lowest BCUT2D eigenvalue weighted by Gasteiger charge is -2.14. The van der Waals surface area contributed by atoms with Crippen molar-refractivity contribution in [2.45, 2.75) is 12.7 Å². The Morgan fingerprint density at radius 3 is 2.13 bits per heavy atom. The van der Waals surface area contributed by atoms with Crippen molar-refractivity contribution in [3.05, 3.63) is 107 Å². The fourth-order valence-electron chi connectivity index (χ4n) is 4.31. The largest absolute Gasteiger partial charge is 0.457 e. The molecule has 5 rings (SSSR count). The fraction of sp³-hybridized carbons (Fsp3) is 0.138. The van der Waals surface area contributed by atoms with Gasteiger partial charge in [0.05, 0.1) is 17.8 Å². The molecule has 0 amide bonds. The smallest absolute Gasteiger partial charge is 0.418 e. The number of hydrogen-bond donors (Lipinski definition) is 0. The van der Waals surface area contributed by atoms with Crippen LogP contribution in [-0.2, 0) is 12.7 Å². The molecule has 39 heavy (non-hydrogen) atoms. The van der Waals surface area contributed by atoms with Crippen molar-refractivity contribution in [1.29, 1.82) is 0 Å². The molecule has 0 aliphatic carbocycles. The third-order valence-electron chi connectivity index (χ3n) is 6.19. The SMILES string of the molecule is CN(C)c1cccc(Oc2ccc(-c3c4cccc(C(F)(F)F)c4nn3Cc3c(F)cc(F)cc3F)cc2)c1. The summed E-state index contributed by atoms with van der Waals surface area (Å²) in [5, 5.41) is 4.24. The molecule has 0 bridgehead atoms. The van der Waals surface area contributed by atoms with Crippen molar-refractivity contribution in [2.24, 2.45) is 0 Å². The Balaban J connectivity index is 1.59. The van der Waals surface area contributed by atoms with E-state index in [1.165, 1.54) is 12.1 Å². The van der Waals surface area contributed by atoms with Crippen LogP contribution in [0.4, 0.5) is 32.0 Å². The van der Waals surface area contributed by atoms with Crippen LogP contribution in [0.2, 0.25) is 0 Å². The third-order valence-corrected chi connectivity index (χ3v) is 6.19. The maximum Gasteiger partial charge on any atom is 0.418 e. The Hall–Kier alpha value is -4.47. The first-order valence-electron chi connectivity index (χ1n) is 11.8. The maximum absolute atomic E-state index is 14.5. The lowest BCUT2D eigenvalue weighted by Crippen LogP contribution is -2.09. The Morgan fingerprint density at radius 2 is 1.49 bits per heavy atom. The molecule has 0 N–H and O–H groups in total. The number of alkyl halides is 3. The molecule has 10 heteroatoms. The Kier molecular flexibility index (Phi) is 6.71. The van der Waals surface area contributed by atoms with Gasteiger partial charge in [0.2, 0.25) is 0 Å². The van der Waals surface area contributed by atoms with Crippen LogP contribution in [-0.4, -0.2) is 23.9 Å². The van der Waals surface area contributed by atoms with Crippen LogP contribution < -0.4 is 9.64 Å². The number of anilines is 1. The van der Waals surface area contributed by atoms with E-state index in [2.05, 4.69) is 5.10 Å². The van der Waals surface area contributed by atoms with Gasteiger partial charge in [0.15, 0.2) is 0 Å². The summed E-state index contributed by atoms with van der Waals surface area (Å²) in [6, 6.07) is 18.5. The van der Waals surface area contributed by atoms with Crippen molar-refractivity contribution in [2.75, 3.05) is 19.0 Å². The molecule has 0 saturated heterocycles. The van der Waals surface area contributed by atoms with Crippen LogP contribution in [0, 0.1) is 17.5 Å². The molecular formula is C29H21F6N3O. The molecule has 1 aromatic heterocycles. The van der Waals surface area contributed by atoms with Gasteiger partial charge in [0.1, 0.15) is 34.5 Å². The Bertz CT molecular complexity index is 1640. The van der Waals surface area contributed by atoms with Gasteiger partial charge in [-0.1, -0.05) is 18.2 Å². The Morgan fingerprint density at radius 1 is 0.821 bits per heavy atom. The van der Waals surface area contributed by atoms with Gasteiger partial charge < -0.3 is 9.64 Å². The number of rotatable bonds is 6. The zero-order chi connectivity index (χ0) is 27.9. The van der Waals surface area contributed by atoms with E-state index in [-0.39, 0.29) is 16.6 Å². The van der Waals surface area contributed by atoms with Gasteiger partial charge in [-0.2, -0.15) is 18.3 Å². The number of halogens is 6. The van der Waals surface area contributed by atoms with Crippen molar-refractivity contribution >= 4 is 16.6 Å². The van der Waals surface area contributed by atoms with Crippen LogP contribution in [0.1, 0.15) is 11.1 Å². The quantitative estimate of drug-likeness (QED) is 0.204. The third kappa shape index (κ3) is 5.27. The summed E-state index contributed by atoms with van der Waals surface area (Å²) >= 11 is 0. The van der Waals surface area contributed by atoms with E-state index in [0.717, 1.165) is 16.4 Å². The number of ether oxygens (including phenoxy) is 1. The highest BCUT2D eigenvalue weighted by Crippen LogP contribution is 2.39. The summed E-state index contributed by atoms with van der Waals surface area (Å²) in [4.78, 5) is 1.92. The summed E-state index contributed by atoms with van der Waals surface area (Å²) in [5.41, 5.74) is -0.306. The highest BCUT2D eigenvalue weighted by molar-refractivity contribution is 5.95. The minimum absolute atomic E-state index is 0.139. The number of aromatic nitrogens is 2. The lowest BCUT2D eigenvalue weighted by molar-refractivity contribution is -0.136. The van der Waals surface area contributed by atoms with Gasteiger partial charge in [0, 0.05) is 54.5 Å². The van der Waals surface area contributed by atoms with Crippen LogP contribution in [0.3, 0.4) is 0 Å². The van der Waals surface area contributed by atoms with Crippen LogP contribution in [0.5, 0.6) is 11.5 Å². The summed E-state index contributed by atoms with van der Waals surface area (Å²) in [6.07, 6.45) is -4.71. The second-order valence-electron chi connectivity index (χ2n) is 9.07. The minimum Gasteiger partial charge on any atom is -0.457 e. The second kappa shape index (κ2) is 10.0. The molecule has 4 nitrogen and oxygen atoms in total. The standard InChI is InChI=1S/C29H21F6N3O/c1-37(2)19-5-3-6-21(15-19)39-20-11-9-17(10-12-20)28-22-7-4-8-24(29(33,34)35)27(22)36-38(28)16-23-25(31)13-18(30)14-26(23)32/h3-15H,16H2,1-2H3. The predicted octanol–water partition coefficient (Wildman–Crippen LogP) is 8.05. The molecule has 200 valence electrons. The number of fused-ring (bicyclic) bond motifs is 1. The van der Waals surface area contributed by atoms with Gasteiger partial charge in [-0.05, 0) is 42.5 Å². The second-order valence-corrected chi connectivity index (χ2v) is 9.07. The average molecular weight is 541 g/mol. The molecule has 1 heterocycles. The zero-order valence-corrected chi connectivity index (χ0v) is 20.7.